The third-order valence-electron chi connectivity index (χ3n) is 4.65. The van der Waals surface area contributed by atoms with Crippen LogP contribution in [-0.2, 0) is 23.1 Å². The molecule has 29 heavy (non-hydrogen) atoms. The Morgan fingerprint density at radius 1 is 0.862 bits per heavy atom. The first-order valence-electron chi connectivity index (χ1n) is 9.30. The van der Waals surface area contributed by atoms with E-state index in [1.807, 2.05) is 31.2 Å². The van der Waals surface area contributed by atoms with Crippen LogP contribution in [0.25, 0.3) is 0 Å². The molecule has 3 aromatic carbocycles. The number of aryl methyl sites for hydroxylation is 1. The molecule has 0 aliphatic heterocycles. The Hall–Kier alpha value is -2.96. The van der Waals surface area contributed by atoms with Crippen molar-refractivity contribution in [1.82, 2.24) is 9.62 Å². The van der Waals surface area contributed by atoms with Crippen molar-refractivity contribution in [3.8, 4) is 0 Å². The lowest BCUT2D eigenvalue weighted by Crippen LogP contribution is -2.26. The summed E-state index contributed by atoms with van der Waals surface area (Å²) in [6.45, 7) is 2.70. The van der Waals surface area contributed by atoms with E-state index < -0.39 is 10.0 Å². The monoisotopic (exact) mass is 408 g/mol. The zero-order valence-corrected chi connectivity index (χ0v) is 17.3. The fourth-order valence-corrected chi connectivity index (χ4v) is 4.05. The zero-order chi connectivity index (χ0) is 20.9. The van der Waals surface area contributed by atoms with Gasteiger partial charge in [-0.1, -0.05) is 60.2 Å². The Morgan fingerprint density at radius 2 is 1.45 bits per heavy atom. The van der Waals surface area contributed by atoms with Crippen molar-refractivity contribution in [2.45, 2.75) is 24.9 Å². The Labute approximate surface area is 172 Å². The van der Waals surface area contributed by atoms with E-state index >= 15 is 0 Å². The van der Waals surface area contributed by atoms with E-state index in [2.05, 4.69) is 5.32 Å². The van der Waals surface area contributed by atoms with Crippen LogP contribution in [0.2, 0.25) is 0 Å². The highest BCUT2D eigenvalue weighted by Crippen LogP contribution is 2.16. The number of benzene rings is 3. The molecule has 0 atom stereocenters. The van der Waals surface area contributed by atoms with Gasteiger partial charge in [0.2, 0.25) is 10.0 Å². The van der Waals surface area contributed by atoms with Gasteiger partial charge in [-0.05, 0) is 42.3 Å². The highest BCUT2D eigenvalue weighted by atomic mass is 32.2. The Kier molecular flexibility index (Phi) is 6.46. The third-order valence-corrected chi connectivity index (χ3v) is 6.46. The van der Waals surface area contributed by atoms with E-state index in [-0.39, 0.29) is 17.3 Å². The highest BCUT2D eigenvalue weighted by molar-refractivity contribution is 7.89. The van der Waals surface area contributed by atoms with Crippen molar-refractivity contribution in [3.63, 3.8) is 0 Å². The molecule has 0 aliphatic carbocycles. The van der Waals surface area contributed by atoms with Gasteiger partial charge in [-0.15, -0.1) is 0 Å². The summed E-state index contributed by atoms with van der Waals surface area (Å²) < 4.78 is 26.5. The average Bonchev–Trinajstić information content (AvgIpc) is 2.74. The first-order valence-corrected chi connectivity index (χ1v) is 10.7. The fraction of sp³-hybridized carbons (Fsp3) is 0.174. The molecule has 0 fully saturated rings. The lowest BCUT2D eigenvalue weighted by Gasteiger charge is -2.17. The minimum absolute atomic E-state index is 0.164. The summed E-state index contributed by atoms with van der Waals surface area (Å²) in [5.74, 6) is -0.164. The Bertz CT molecular complexity index is 1060. The molecule has 0 heterocycles. The maximum absolute atomic E-state index is 12.6. The van der Waals surface area contributed by atoms with Crippen molar-refractivity contribution in [3.05, 3.63) is 101 Å². The molecule has 0 aromatic heterocycles. The summed E-state index contributed by atoms with van der Waals surface area (Å²) in [7, 11) is -2.01. The number of carbonyl (C=O) groups is 1. The van der Waals surface area contributed by atoms with Crippen molar-refractivity contribution in [2.24, 2.45) is 0 Å². The molecule has 3 rings (SSSR count). The summed E-state index contributed by atoms with van der Waals surface area (Å²) in [5.41, 5.74) is 3.56. The second-order valence-electron chi connectivity index (χ2n) is 6.94. The molecule has 0 bridgehead atoms. The molecule has 1 amide bonds. The molecular weight excluding hydrogens is 384 g/mol. The third kappa shape index (κ3) is 5.31. The Balaban J connectivity index is 1.60. The van der Waals surface area contributed by atoms with Gasteiger partial charge >= 0.3 is 0 Å². The minimum Gasteiger partial charge on any atom is -0.348 e. The second kappa shape index (κ2) is 9.03. The predicted molar refractivity (Wildman–Crippen MR) is 114 cm³/mol. The summed E-state index contributed by atoms with van der Waals surface area (Å²) in [6.07, 6.45) is 0. The number of hydrogen-bond donors (Lipinski definition) is 1. The smallest absolute Gasteiger partial charge is 0.251 e. The van der Waals surface area contributed by atoms with Gasteiger partial charge in [-0.25, -0.2) is 8.42 Å². The molecule has 0 spiro atoms. The number of sulfonamides is 1. The highest BCUT2D eigenvalue weighted by Gasteiger charge is 2.20. The Morgan fingerprint density at radius 3 is 2.07 bits per heavy atom. The summed E-state index contributed by atoms with van der Waals surface area (Å²) in [4.78, 5) is 12.6. The molecule has 5 nitrogen and oxygen atoms in total. The van der Waals surface area contributed by atoms with Crippen LogP contribution in [0.1, 0.15) is 27.0 Å². The molecule has 0 radical (unpaired) electrons. The van der Waals surface area contributed by atoms with E-state index in [9.17, 15) is 13.2 Å². The maximum Gasteiger partial charge on any atom is 0.251 e. The van der Waals surface area contributed by atoms with Crippen LogP contribution in [0.4, 0.5) is 0 Å². The van der Waals surface area contributed by atoms with Gasteiger partial charge in [-0.2, -0.15) is 4.31 Å². The molecule has 0 aliphatic rings. The van der Waals surface area contributed by atoms with Gasteiger partial charge in [0, 0.05) is 25.7 Å². The van der Waals surface area contributed by atoms with Crippen LogP contribution >= 0.6 is 0 Å². The first kappa shape index (κ1) is 20.8. The van der Waals surface area contributed by atoms with Gasteiger partial charge < -0.3 is 5.32 Å². The van der Waals surface area contributed by atoms with Gasteiger partial charge in [0.15, 0.2) is 0 Å². The molecule has 0 unspecified atom stereocenters. The quantitative estimate of drug-likeness (QED) is 0.648. The fourth-order valence-electron chi connectivity index (χ4n) is 2.87. The van der Waals surface area contributed by atoms with E-state index in [0.29, 0.717) is 12.1 Å². The topological polar surface area (TPSA) is 66.5 Å². The minimum atomic E-state index is -3.55. The van der Waals surface area contributed by atoms with Crippen molar-refractivity contribution in [1.29, 1.82) is 0 Å². The maximum atomic E-state index is 12.6. The molecule has 150 valence electrons. The predicted octanol–water partition coefficient (Wildman–Crippen LogP) is 3.75. The molecule has 1 N–H and O–H groups in total. The second-order valence-corrected chi connectivity index (χ2v) is 8.98. The van der Waals surface area contributed by atoms with Crippen LogP contribution in [0.3, 0.4) is 0 Å². The van der Waals surface area contributed by atoms with E-state index in [4.69, 9.17) is 0 Å². The average molecular weight is 409 g/mol. The number of nitrogens with zero attached hydrogens (tertiary/aromatic N) is 1. The van der Waals surface area contributed by atoms with Crippen LogP contribution in [-0.4, -0.2) is 25.7 Å². The lowest BCUT2D eigenvalue weighted by atomic mass is 10.1. The number of rotatable bonds is 7. The van der Waals surface area contributed by atoms with Crippen LogP contribution in [0, 0.1) is 6.92 Å². The molecule has 3 aromatic rings. The molecule has 0 saturated carbocycles. The van der Waals surface area contributed by atoms with Crippen molar-refractivity contribution >= 4 is 15.9 Å². The summed E-state index contributed by atoms with van der Waals surface area (Å²) in [6, 6.07) is 23.3. The van der Waals surface area contributed by atoms with Crippen LogP contribution in [0.5, 0.6) is 0 Å². The molecular formula is C23H24N2O3S. The van der Waals surface area contributed by atoms with Crippen LogP contribution < -0.4 is 5.32 Å². The largest absolute Gasteiger partial charge is 0.348 e. The summed E-state index contributed by atoms with van der Waals surface area (Å²) >= 11 is 0. The van der Waals surface area contributed by atoms with Gasteiger partial charge in [-0.3, -0.25) is 4.79 Å². The molecule has 0 saturated heterocycles. The normalized spacial score (nSPS) is 11.4. The van der Waals surface area contributed by atoms with Crippen molar-refractivity contribution < 1.29 is 13.2 Å². The van der Waals surface area contributed by atoms with E-state index in [1.165, 1.54) is 9.87 Å². The molecule has 6 heteroatoms. The first-order chi connectivity index (χ1) is 13.9. The van der Waals surface area contributed by atoms with Gasteiger partial charge in [0.05, 0.1) is 4.90 Å². The van der Waals surface area contributed by atoms with Crippen molar-refractivity contribution in [2.75, 3.05) is 7.05 Å². The number of carbonyl (C=O) groups excluding carboxylic acids is 1. The van der Waals surface area contributed by atoms with E-state index in [0.717, 1.165) is 11.1 Å². The zero-order valence-electron chi connectivity index (χ0n) is 16.5. The number of hydrogen-bond acceptors (Lipinski definition) is 3. The standard InChI is InChI=1S/C23H24N2O3S/c1-18-8-10-19(11-9-18)16-24-23(26)21-14-12-20(13-15-21)17-25(2)29(27,28)22-6-4-3-5-7-22/h3-15H,16-17H2,1-2H3,(H,24,26). The number of nitrogens with one attached hydrogen (secondary N) is 1. The lowest BCUT2D eigenvalue weighted by molar-refractivity contribution is 0.0951. The van der Waals surface area contributed by atoms with Gasteiger partial charge in [0.1, 0.15) is 0 Å². The van der Waals surface area contributed by atoms with Gasteiger partial charge in [0.25, 0.3) is 5.91 Å². The van der Waals surface area contributed by atoms with Crippen LogP contribution in [0.15, 0.2) is 83.8 Å². The summed E-state index contributed by atoms with van der Waals surface area (Å²) in [5, 5.41) is 2.90. The van der Waals surface area contributed by atoms with E-state index in [1.54, 1.807) is 61.6 Å². The SMILES string of the molecule is Cc1ccc(CNC(=O)c2ccc(CN(C)S(=O)(=O)c3ccccc3)cc2)cc1. The number of amides is 1.